The maximum Gasteiger partial charge on any atom is 0.339 e. The van der Waals surface area contributed by atoms with Gasteiger partial charge in [0.25, 0.3) is 0 Å². The van der Waals surface area contributed by atoms with E-state index in [1.54, 1.807) is 12.1 Å². The highest BCUT2D eigenvalue weighted by Gasteiger charge is 2.21. The summed E-state index contributed by atoms with van der Waals surface area (Å²) in [5.41, 5.74) is 0.0736. The number of para-hydroxylation sites is 4. The van der Waals surface area contributed by atoms with Crippen LogP contribution in [0, 0.1) is 0 Å². The normalized spacial score (nSPS) is 11.4. The first-order valence-corrected chi connectivity index (χ1v) is 14.3. The van der Waals surface area contributed by atoms with Gasteiger partial charge in [0.2, 0.25) is 0 Å². The summed E-state index contributed by atoms with van der Waals surface area (Å²) in [7, 11) is -8.46. The van der Waals surface area contributed by atoms with E-state index in [0.717, 1.165) is 0 Å². The van der Waals surface area contributed by atoms with E-state index in [9.17, 15) is 21.6 Å². The topological polar surface area (TPSA) is 128 Å². The molecule has 0 spiro atoms. The van der Waals surface area contributed by atoms with Crippen molar-refractivity contribution in [2.75, 3.05) is 10.6 Å². The van der Waals surface area contributed by atoms with Crippen LogP contribution >= 0.6 is 23.2 Å². The molecule has 0 saturated carbocycles. The molecule has 0 saturated heterocycles. The minimum Gasteiger partial charge on any atom is -0.377 e. The number of benzene rings is 4. The van der Waals surface area contributed by atoms with Crippen molar-refractivity contribution in [3.8, 4) is 11.5 Å². The van der Waals surface area contributed by atoms with E-state index in [0.29, 0.717) is 10.0 Å². The molecule has 13 heteroatoms. The minimum absolute atomic E-state index is 0.0368. The third kappa shape index (κ3) is 6.75. The summed E-state index contributed by atoms with van der Waals surface area (Å²) >= 11 is 11.6. The Kier molecular flexibility index (Phi) is 8.12. The highest BCUT2D eigenvalue weighted by atomic mass is 35.5. The Morgan fingerprint density at radius 3 is 1.26 bits per heavy atom. The molecule has 0 aromatic heterocycles. The third-order valence-electron chi connectivity index (χ3n) is 4.87. The van der Waals surface area contributed by atoms with Crippen LogP contribution in [0.25, 0.3) is 0 Å². The number of urea groups is 1. The zero-order chi connectivity index (χ0) is 27.3. The lowest BCUT2D eigenvalue weighted by molar-refractivity contribution is 0.262. The van der Waals surface area contributed by atoms with E-state index in [4.69, 9.17) is 31.6 Å². The van der Waals surface area contributed by atoms with Crippen LogP contribution in [0.4, 0.5) is 16.2 Å². The van der Waals surface area contributed by atoms with Gasteiger partial charge in [0, 0.05) is 10.0 Å². The average Bonchev–Trinajstić information content (AvgIpc) is 2.87. The van der Waals surface area contributed by atoms with E-state index >= 15 is 0 Å². The lowest BCUT2D eigenvalue weighted by Crippen LogP contribution is -2.21. The Labute approximate surface area is 229 Å². The van der Waals surface area contributed by atoms with Crippen LogP contribution in [0.5, 0.6) is 11.5 Å². The van der Waals surface area contributed by atoms with Crippen LogP contribution in [0.2, 0.25) is 10.0 Å². The predicted molar refractivity (Wildman–Crippen MR) is 144 cm³/mol. The molecule has 4 rings (SSSR count). The molecule has 0 radical (unpaired) electrons. The number of rotatable bonds is 8. The molecule has 0 heterocycles. The monoisotopic (exact) mass is 592 g/mol. The van der Waals surface area contributed by atoms with Gasteiger partial charge < -0.3 is 19.0 Å². The molecule has 0 aliphatic rings. The fourth-order valence-electron chi connectivity index (χ4n) is 3.10. The number of hydrogen-bond acceptors (Lipinski definition) is 7. The Balaban J connectivity index is 1.51. The summed E-state index contributed by atoms with van der Waals surface area (Å²) in [6.45, 7) is 0. The van der Waals surface area contributed by atoms with Crippen molar-refractivity contribution in [3.63, 3.8) is 0 Å². The predicted octanol–water partition coefficient (Wildman–Crippen LogP) is 6.17. The van der Waals surface area contributed by atoms with E-state index in [2.05, 4.69) is 10.6 Å². The molecule has 0 unspecified atom stereocenters. The summed E-state index contributed by atoms with van der Waals surface area (Å²) in [4.78, 5) is 12.5. The molecule has 38 heavy (non-hydrogen) atoms. The number of carbonyl (C=O) groups is 1. The Morgan fingerprint density at radius 2 is 0.895 bits per heavy atom. The number of halogens is 2. The molecule has 2 N–H and O–H groups in total. The molecular formula is C25H18Cl2N2O7S2. The molecule has 0 atom stereocenters. The summed E-state index contributed by atoms with van der Waals surface area (Å²) in [6.07, 6.45) is 0. The van der Waals surface area contributed by atoms with Crippen molar-refractivity contribution in [2.24, 2.45) is 0 Å². The largest absolute Gasteiger partial charge is 0.377 e. The Morgan fingerprint density at radius 1 is 0.553 bits per heavy atom. The Hall–Kier alpha value is -3.77. The first-order valence-electron chi connectivity index (χ1n) is 10.7. The van der Waals surface area contributed by atoms with E-state index in [-0.39, 0.29) is 32.7 Å². The lowest BCUT2D eigenvalue weighted by atomic mass is 10.3. The average molecular weight is 593 g/mol. The molecule has 0 aliphatic heterocycles. The van der Waals surface area contributed by atoms with Gasteiger partial charge in [-0.15, -0.1) is 0 Å². The van der Waals surface area contributed by atoms with Crippen molar-refractivity contribution in [3.05, 3.63) is 107 Å². The fraction of sp³-hybridized carbons (Fsp3) is 0. The van der Waals surface area contributed by atoms with Crippen LogP contribution in [0.15, 0.2) is 107 Å². The van der Waals surface area contributed by atoms with Crippen LogP contribution < -0.4 is 19.0 Å². The number of carbonyl (C=O) groups excluding carboxylic acids is 1. The molecule has 0 bridgehead atoms. The molecular weight excluding hydrogens is 575 g/mol. The van der Waals surface area contributed by atoms with Gasteiger partial charge in [0.15, 0.2) is 11.5 Å². The Bertz CT molecular complexity index is 1550. The van der Waals surface area contributed by atoms with Gasteiger partial charge in [0.05, 0.1) is 11.4 Å². The zero-order valence-corrected chi connectivity index (χ0v) is 22.3. The molecule has 0 fully saturated rings. The van der Waals surface area contributed by atoms with Crippen LogP contribution in [-0.2, 0) is 20.2 Å². The van der Waals surface area contributed by atoms with Crippen LogP contribution in [0.3, 0.4) is 0 Å². The first-order chi connectivity index (χ1) is 18.0. The fourth-order valence-corrected chi connectivity index (χ4v) is 5.24. The number of amides is 2. The van der Waals surface area contributed by atoms with Gasteiger partial charge in [0.1, 0.15) is 9.79 Å². The van der Waals surface area contributed by atoms with Crippen LogP contribution in [-0.4, -0.2) is 22.9 Å². The highest BCUT2D eigenvalue weighted by Crippen LogP contribution is 2.30. The molecule has 2 amide bonds. The van der Waals surface area contributed by atoms with Crippen molar-refractivity contribution in [1.82, 2.24) is 0 Å². The van der Waals surface area contributed by atoms with E-state index in [1.165, 1.54) is 84.9 Å². The molecule has 4 aromatic rings. The van der Waals surface area contributed by atoms with Gasteiger partial charge in [-0.2, -0.15) is 16.8 Å². The van der Waals surface area contributed by atoms with Gasteiger partial charge in [-0.1, -0.05) is 47.5 Å². The standard InChI is InChI=1S/C25H18Cl2N2O7S2/c26-17-9-13-19(14-10-17)37(31,32)35-23-7-3-1-5-21(23)28-25(30)29-22-6-2-4-8-24(22)36-38(33,34)20-15-11-18(27)12-16-20/h1-16H,(H2,28,29,30). The van der Waals surface area contributed by atoms with Gasteiger partial charge >= 0.3 is 26.3 Å². The quantitative estimate of drug-likeness (QED) is 0.234. The van der Waals surface area contributed by atoms with Crippen molar-refractivity contribution in [1.29, 1.82) is 0 Å². The summed E-state index contributed by atoms with van der Waals surface area (Å²) in [6, 6.07) is 21.7. The second-order valence-electron chi connectivity index (χ2n) is 7.55. The zero-order valence-electron chi connectivity index (χ0n) is 19.2. The van der Waals surface area contributed by atoms with Gasteiger partial charge in [-0.05, 0) is 72.8 Å². The third-order valence-corrected chi connectivity index (χ3v) is 7.88. The molecule has 0 aliphatic carbocycles. The van der Waals surface area contributed by atoms with Crippen LogP contribution in [0.1, 0.15) is 0 Å². The van der Waals surface area contributed by atoms with Crippen molar-refractivity contribution in [2.45, 2.75) is 9.79 Å². The second-order valence-corrected chi connectivity index (χ2v) is 11.5. The SMILES string of the molecule is O=C(Nc1ccccc1OS(=O)(=O)c1ccc(Cl)cc1)Nc1ccccc1OS(=O)(=O)c1ccc(Cl)cc1. The number of hydrogen-bond donors (Lipinski definition) is 2. The van der Waals surface area contributed by atoms with E-state index in [1.807, 2.05) is 0 Å². The molecule has 4 aromatic carbocycles. The van der Waals surface area contributed by atoms with Gasteiger partial charge in [-0.3, -0.25) is 0 Å². The molecule has 196 valence electrons. The lowest BCUT2D eigenvalue weighted by Gasteiger charge is -2.15. The smallest absolute Gasteiger partial charge is 0.339 e. The summed E-state index contributed by atoms with van der Waals surface area (Å²) in [5, 5.41) is 5.69. The summed E-state index contributed by atoms with van der Waals surface area (Å²) < 4.78 is 61.2. The molecule has 9 nitrogen and oxygen atoms in total. The second kappa shape index (κ2) is 11.3. The highest BCUT2D eigenvalue weighted by molar-refractivity contribution is 7.87. The van der Waals surface area contributed by atoms with E-state index < -0.39 is 26.3 Å². The van der Waals surface area contributed by atoms with Crippen molar-refractivity contribution >= 4 is 60.8 Å². The maximum atomic E-state index is 12.8. The summed E-state index contributed by atoms with van der Waals surface area (Å²) in [5.74, 6) is -0.292. The number of anilines is 2. The number of nitrogens with one attached hydrogen (secondary N) is 2. The maximum absolute atomic E-state index is 12.8. The minimum atomic E-state index is -4.23. The first kappa shape index (κ1) is 27.3. The van der Waals surface area contributed by atoms with Crippen molar-refractivity contribution < 1.29 is 30.0 Å². The van der Waals surface area contributed by atoms with Gasteiger partial charge in [-0.25, -0.2) is 4.79 Å².